The molecule has 2 saturated heterocycles. The number of ether oxygens (including phenoxy) is 1. The lowest BCUT2D eigenvalue weighted by atomic mass is 9.80. The van der Waals surface area contributed by atoms with Crippen LogP contribution >= 0.6 is 0 Å². The Kier molecular flexibility index (Phi) is 6.16. The molecule has 1 aromatic heterocycles. The van der Waals surface area contributed by atoms with Gasteiger partial charge in [-0.3, -0.25) is 0 Å². The number of hydrogen-bond acceptors (Lipinski definition) is 5. The summed E-state index contributed by atoms with van der Waals surface area (Å²) in [7, 11) is 0. The van der Waals surface area contributed by atoms with Crippen molar-refractivity contribution in [1.82, 2.24) is 15.0 Å². The fourth-order valence-corrected chi connectivity index (χ4v) is 4.33. The molecule has 0 saturated carbocycles. The highest BCUT2D eigenvalue weighted by molar-refractivity contribution is 5.01. The predicted octanol–water partition coefficient (Wildman–Crippen LogP) is 4.18. The molecule has 3 rings (SSSR count). The Balaban J connectivity index is 1.50. The van der Waals surface area contributed by atoms with Crippen LogP contribution in [0.2, 0.25) is 0 Å². The van der Waals surface area contributed by atoms with Crippen molar-refractivity contribution in [3.8, 4) is 0 Å². The van der Waals surface area contributed by atoms with Crippen molar-refractivity contribution in [3.05, 3.63) is 11.7 Å². The monoisotopic (exact) mass is 349 g/mol. The first kappa shape index (κ1) is 18.8. The highest BCUT2D eigenvalue weighted by atomic mass is 16.5. The lowest BCUT2D eigenvalue weighted by Crippen LogP contribution is -2.42. The van der Waals surface area contributed by atoms with Crippen molar-refractivity contribution in [3.63, 3.8) is 0 Å². The van der Waals surface area contributed by atoms with Crippen LogP contribution in [0, 0.1) is 18.3 Å². The Morgan fingerprint density at radius 3 is 2.56 bits per heavy atom. The van der Waals surface area contributed by atoms with E-state index in [1.165, 1.54) is 45.3 Å². The van der Waals surface area contributed by atoms with Gasteiger partial charge in [0.25, 0.3) is 0 Å². The third-order valence-corrected chi connectivity index (χ3v) is 5.72. The Bertz CT molecular complexity index is 529. The molecular weight excluding hydrogens is 314 g/mol. The van der Waals surface area contributed by atoms with Crippen molar-refractivity contribution >= 4 is 0 Å². The SMILES string of the molecule is Cc1noc([C@@H]2CCCO[C@H]2C2CCN(CCCC(C)(C)C)CC2)n1. The van der Waals surface area contributed by atoms with Crippen LogP contribution in [-0.4, -0.2) is 47.4 Å². The first-order valence-electron chi connectivity index (χ1n) is 10.1. The molecule has 2 aliphatic heterocycles. The molecule has 5 nitrogen and oxygen atoms in total. The second-order valence-corrected chi connectivity index (χ2v) is 9.11. The topological polar surface area (TPSA) is 51.4 Å². The average Bonchev–Trinajstić information content (AvgIpc) is 3.01. The van der Waals surface area contributed by atoms with Gasteiger partial charge in [-0.2, -0.15) is 4.98 Å². The summed E-state index contributed by atoms with van der Waals surface area (Å²) >= 11 is 0. The molecule has 0 N–H and O–H groups in total. The Hall–Kier alpha value is -0.940. The van der Waals surface area contributed by atoms with Crippen LogP contribution in [0.3, 0.4) is 0 Å². The first-order chi connectivity index (χ1) is 11.9. The second kappa shape index (κ2) is 8.17. The second-order valence-electron chi connectivity index (χ2n) is 9.11. The largest absolute Gasteiger partial charge is 0.377 e. The van der Waals surface area contributed by atoms with Crippen LogP contribution in [0.4, 0.5) is 0 Å². The van der Waals surface area contributed by atoms with Crippen LogP contribution < -0.4 is 0 Å². The Labute approximate surface area is 152 Å². The third-order valence-electron chi connectivity index (χ3n) is 5.72. The van der Waals surface area contributed by atoms with Gasteiger partial charge >= 0.3 is 0 Å². The van der Waals surface area contributed by atoms with Crippen LogP contribution in [0.1, 0.15) is 76.9 Å². The van der Waals surface area contributed by atoms with Crippen LogP contribution in [-0.2, 0) is 4.74 Å². The van der Waals surface area contributed by atoms with Gasteiger partial charge in [0.15, 0.2) is 5.82 Å². The zero-order valence-corrected chi connectivity index (χ0v) is 16.5. The van der Waals surface area contributed by atoms with Gasteiger partial charge in [0.05, 0.1) is 12.0 Å². The molecule has 2 fully saturated rings. The van der Waals surface area contributed by atoms with E-state index in [1.54, 1.807) is 0 Å². The van der Waals surface area contributed by atoms with Crippen molar-refractivity contribution in [2.75, 3.05) is 26.2 Å². The van der Waals surface area contributed by atoms with E-state index in [4.69, 9.17) is 9.26 Å². The normalized spacial score (nSPS) is 26.9. The number of hydrogen-bond donors (Lipinski definition) is 0. The van der Waals surface area contributed by atoms with E-state index >= 15 is 0 Å². The van der Waals surface area contributed by atoms with Crippen LogP contribution in [0.25, 0.3) is 0 Å². The first-order valence-corrected chi connectivity index (χ1v) is 10.1. The van der Waals surface area contributed by atoms with E-state index in [1.807, 2.05) is 6.92 Å². The van der Waals surface area contributed by atoms with Gasteiger partial charge in [-0.05, 0) is 76.4 Å². The zero-order chi connectivity index (χ0) is 17.9. The molecule has 25 heavy (non-hydrogen) atoms. The standard InChI is InChI=1S/C20H35N3O2/c1-15-21-19(25-22-15)17-7-5-14-24-18(17)16-8-12-23(13-9-16)11-6-10-20(2,3)4/h16-18H,5-14H2,1-4H3/t17-,18+/m1/s1. The predicted molar refractivity (Wildman–Crippen MR) is 98.6 cm³/mol. The molecule has 0 radical (unpaired) electrons. The number of aromatic nitrogens is 2. The van der Waals surface area contributed by atoms with Crippen LogP contribution in [0.15, 0.2) is 4.52 Å². The van der Waals surface area contributed by atoms with E-state index in [0.717, 1.165) is 31.2 Å². The summed E-state index contributed by atoms with van der Waals surface area (Å²) in [4.78, 5) is 7.13. The van der Waals surface area contributed by atoms with Gasteiger partial charge in [-0.1, -0.05) is 25.9 Å². The minimum absolute atomic E-state index is 0.255. The maximum atomic E-state index is 6.21. The maximum absolute atomic E-state index is 6.21. The summed E-state index contributed by atoms with van der Waals surface area (Å²) < 4.78 is 11.7. The lowest BCUT2D eigenvalue weighted by Gasteiger charge is -2.40. The summed E-state index contributed by atoms with van der Waals surface area (Å²) in [5, 5.41) is 3.99. The molecule has 3 heterocycles. The molecule has 0 amide bonds. The number of piperidine rings is 1. The molecule has 0 aromatic carbocycles. The van der Waals surface area contributed by atoms with E-state index in [-0.39, 0.29) is 12.0 Å². The van der Waals surface area contributed by atoms with E-state index < -0.39 is 0 Å². The zero-order valence-electron chi connectivity index (χ0n) is 16.5. The van der Waals surface area contributed by atoms with E-state index in [2.05, 4.69) is 35.8 Å². The molecule has 0 bridgehead atoms. The lowest BCUT2D eigenvalue weighted by molar-refractivity contribution is -0.0580. The number of likely N-dealkylation sites (tertiary alicyclic amines) is 1. The molecular formula is C20H35N3O2. The summed E-state index contributed by atoms with van der Waals surface area (Å²) in [6.07, 6.45) is 7.51. The van der Waals surface area contributed by atoms with Crippen molar-refractivity contribution in [2.24, 2.45) is 11.3 Å². The van der Waals surface area contributed by atoms with Gasteiger partial charge in [-0.15, -0.1) is 0 Å². The highest BCUT2D eigenvalue weighted by Gasteiger charge is 2.38. The molecule has 0 spiro atoms. The van der Waals surface area contributed by atoms with Crippen molar-refractivity contribution in [2.45, 2.75) is 78.2 Å². The van der Waals surface area contributed by atoms with Crippen LogP contribution in [0.5, 0.6) is 0 Å². The quantitative estimate of drug-likeness (QED) is 0.798. The number of rotatable bonds is 5. The molecule has 2 atom stereocenters. The fraction of sp³-hybridized carbons (Fsp3) is 0.900. The highest BCUT2D eigenvalue weighted by Crippen LogP contribution is 2.37. The number of nitrogens with zero attached hydrogens (tertiary/aromatic N) is 3. The molecule has 0 unspecified atom stereocenters. The maximum Gasteiger partial charge on any atom is 0.232 e. The Morgan fingerprint density at radius 2 is 1.92 bits per heavy atom. The van der Waals surface area contributed by atoms with Gasteiger partial charge in [-0.25, -0.2) is 0 Å². The smallest absolute Gasteiger partial charge is 0.232 e. The van der Waals surface area contributed by atoms with E-state index in [9.17, 15) is 0 Å². The molecule has 1 aromatic rings. The molecule has 2 aliphatic rings. The van der Waals surface area contributed by atoms with Gasteiger partial charge < -0.3 is 14.2 Å². The summed E-state index contributed by atoms with van der Waals surface area (Å²) in [6, 6.07) is 0. The van der Waals surface area contributed by atoms with Gasteiger partial charge in [0.2, 0.25) is 5.89 Å². The summed E-state index contributed by atoms with van der Waals surface area (Å²) in [6.45, 7) is 13.4. The van der Waals surface area contributed by atoms with Gasteiger partial charge in [0.1, 0.15) is 0 Å². The van der Waals surface area contributed by atoms with Crippen molar-refractivity contribution < 1.29 is 9.26 Å². The fourth-order valence-electron chi connectivity index (χ4n) is 4.33. The minimum Gasteiger partial charge on any atom is -0.377 e. The molecule has 5 heteroatoms. The summed E-state index contributed by atoms with van der Waals surface area (Å²) in [5.74, 6) is 2.42. The van der Waals surface area contributed by atoms with E-state index in [0.29, 0.717) is 11.3 Å². The van der Waals surface area contributed by atoms with Gasteiger partial charge in [0, 0.05) is 6.61 Å². The number of aryl methyl sites for hydroxylation is 1. The van der Waals surface area contributed by atoms with Crippen molar-refractivity contribution in [1.29, 1.82) is 0 Å². The minimum atomic E-state index is 0.255. The molecule has 0 aliphatic carbocycles. The average molecular weight is 350 g/mol. The third kappa shape index (κ3) is 5.27. The summed E-state index contributed by atoms with van der Waals surface area (Å²) in [5.41, 5.74) is 0.448. The molecule has 142 valence electrons. The Morgan fingerprint density at radius 1 is 1.16 bits per heavy atom.